The van der Waals surface area contributed by atoms with Crippen molar-refractivity contribution < 1.29 is 22.8 Å². The summed E-state index contributed by atoms with van der Waals surface area (Å²) in [5.74, 6) is 0.454. The standard InChI is InChI=1S/C27H36N2O6SSe/c1-5-7-8-9-10-11-16-35-27-23(34-4)18-22(29(30)31)26-25(27)20(6-2)17-24(37)28(26)36(32,33)21-14-12-19(3)13-15-21/h12-15,18,20H,5-11,16-17H2,1-4H3. The number of methoxy groups -OCH3 is 1. The van der Waals surface area contributed by atoms with Crippen molar-refractivity contribution in [3.8, 4) is 11.5 Å². The molecule has 0 spiro atoms. The Kier molecular flexibility index (Phi) is 10.2. The van der Waals surface area contributed by atoms with E-state index in [1.165, 1.54) is 44.6 Å². The van der Waals surface area contributed by atoms with Gasteiger partial charge in [0.1, 0.15) is 0 Å². The van der Waals surface area contributed by atoms with Gasteiger partial charge in [0.2, 0.25) is 0 Å². The van der Waals surface area contributed by atoms with Gasteiger partial charge < -0.3 is 0 Å². The maximum absolute atomic E-state index is 13.9. The zero-order chi connectivity index (χ0) is 27.2. The van der Waals surface area contributed by atoms with Crippen LogP contribution < -0.4 is 13.8 Å². The van der Waals surface area contributed by atoms with Gasteiger partial charge >= 0.3 is 215 Å². The van der Waals surface area contributed by atoms with E-state index in [2.05, 4.69) is 22.5 Å². The van der Waals surface area contributed by atoms with Crippen molar-refractivity contribution in [1.29, 1.82) is 0 Å². The Morgan fingerprint density at radius 3 is 2.35 bits per heavy atom. The van der Waals surface area contributed by atoms with Crippen LogP contribution in [0.4, 0.5) is 11.4 Å². The van der Waals surface area contributed by atoms with Crippen molar-refractivity contribution in [2.24, 2.45) is 0 Å². The number of nitro benzene ring substituents is 1. The molecule has 1 aliphatic rings. The molecule has 37 heavy (non-hydrogen) atoms. The minimum atomic E-state index is -4.14. The number of fused-ring (bicyclic) bond motifs is 1. The van der Waals surface area contributed by atoms with Gasteiger partial charge in [-0.1, -0.05) is 13.3 Å². The van der Waals surface area contributed by atoms with Gasteiger partial charge in [0.15, 0.2) is 0 Å². The number of ether oxygens (including phenoxy) is 2. The van der Waals surface area contributed by atoms with Gasteiger partial charge in [0.25, 0.3) is 0 Å². The SMILES string of the molecule is CCCCCCCCOc1c(OC)cc([N+](=O)[O-])c2c1C(CC)CC(=[Se])N2S(=O)(=O)c1ccc(C)cc1. The van der Waals surface area contributed by atoms with Crippen LogP contribution in [-0.4, -0.2) is 47.2 Å². The zero-order valence-electron chi connectivity index (χ0n) is 22.0. The molecule has 3 rings (SSSR count). The van der Waals surface area contributed by atoms with Crippen LogP contribution >= 0.6 is 0 Å². The van der Waals surface area contributed by atoms with E-state index in [4.69, 9.17) is 9.47 Å². The number of rotatable bonds is 13. The van der Waals surface area contributed by atoms with Crippen molar-refractivity contribution in [2.45, 2.75) is 83.0 Å². The van der Waals surface area contributed by atoms with Crippen LogP contribution in [0.3, 0.4) is 0 Å². The molecule has 202 valence electrons. The van der Waals surface area contributed by atoms with Crippen molar-refractivity contribution in [3.63, 3.8) is 0 Å². The Hall–Kier alpha value is -2.42. The minimum absolute atomic E-state index is 0.0242. The molecule has 2 aromatic carbocycles. The Balaban J connectivity index is 2.13. The van der Waals surface area contributed by atoms with Gasteiger partial charge in [-0.15, -0.1) is 0 Å². The second-order valence-corrected chi connectivity index (χ2v) is 12.1. The number of anilines is 1. The summed E-state index contributed by atoms with van der Waals surface area (Å²) in [6, 6.07) is 7.74. The van der Waals surface area contributed by atoms with Gasteiger partial charge in [-0.2, -0.15) is 0 Å². The van der Waals surface area contributed by atoms with Gasteiger partial charge in [-0.25, -0.2) is 0 Å². The maximum atomic E-state index is 13.9. The quantitative estimate of drug-likeness (QED) is 0.121. The fraction of sp³-hybridized carbons (Fsp3) is 0.519. The molecule has 0 saturated carbocycles. The monoisotopic (exact) mass is 596 g/mol. The van der Waals surface area contributed by atoms with E-state index in [0.717, 1.165) is 29.1 Å². The first-order valence-corrected chi connectivity index (χ1v) is 15.1. The number of sulfonamides is 1. The van der Waals surface area contributed by atoms with E-state index < -0.39 is 14.9 Å². The van der Waals surface area contributed by atoms with E-state index in [9.17, 15) is 18.5 Å². The van der Waals surface area contributed by atoms with Crippen molar-refractivity contribution in [2.75, 3.05) is 18.0 Å². The van der Waals surface area contributed by atoms with Gasteiger partial charge in [0, 0.05) is 0 Å². The Morgan fingerprint density at radius 2 is 1.76 bits per heavy atom. The molecule has 2 aromatic rings. The van der Waals surface area contributed by atoms with Crippen molar-refractivity contribution >= 4 is 41.5 Å². The second kappa shape index (κ2) is 12.9. The number of unbranched alkanes of at least 4 members (excludes halogenated alkanes) is 5. The van der Waals surface area contributed by atoms with Crippen LogP contribution in [0, 0.1) is 17.0 Å². The van der Waals surface area contributed by atoms with Crippen LogP contribution in [0.5, 0.6) is 11.5 Å². The third-order valence-corrected chi connectivity index (χ3v) is 9.45. The normalized spacial score (nSPS) is 15.4. The number of benzene rings is 2. The molecule has 0 fully saturated rings. The summed E-state index contributed by atoms with van der Waals surface area (Å²) in [6.45, 7) is 6.45. The average molecular weight is 596 g/mol. The molecule has 0 aromatic heterocycles. The summed E-state index contributed by atoms with van der Waals surface area (Å²) in [7, 11) is -2.70. The molecule has 0 bridgehead atoms. The predicted octanol–water partition coefficient (Wildman–Crippen LogP) is 6.04. The van der Waals surface area contributed by atoms with Crippen LogP contribution in [0.25, 0.3) is 0 Å². The summed E-state index contributed by atoms with van der Waals surface area (Å²) in [5, 5.41) is 12.3. The summed E-state index contributed by atoms with van der Waals surface area (Å²) in [4.78, 5) is 11.8. The Bertz CT molecular complexity index is 1230. The first-order chi connectivity index (χ1) is 17.7. The molecular weight excluding hydrogens is 559 g/mol. The molecule has 0 N–H and O–H groups in total. The third-order valence-electron chi connectivity index (χ3n) is 6.71. The van der Waals surface area contributed by atoms with E-state index in [1.807, 2.05) is 13.8 Å². The van der Waals surface area contributed by atoms with Gasteiger partial charge in [0.05, 0.1) is 0 Å². The molecule has 0 saturated heterocycles. The number of hydrogen-bond donors (Lipinski definition) is 0. The molecule has 10 heteroatoms. The molecular formula is C27H36N2O6SSe. The number of nitro groups is 1. The summed E-state index contributed by atoms with van der Waals surface area (Å²) < 4.78 is 41.0. The molecule has 0 aliphatic carbocycles. The van der Waals surface area contributed by atoms with Crippen LogP contribution in [0.1, 0.15) is 82.3 Å². The van der Waals surface area contributed by atoms with E-state index in [1.54, 1.807) is 12.1 Å². The van der Waals surface area contributed by atoms with Crippen molar-refractivity contribution in [3.05, 3.63) is 51.6 Å². The van der Waals surface area contributed by atoms with Crippen LogP contribution in [0.2, 0.25) is 0 Å². The van der Waals surface area contributed by atoms with E-state index >= 15 is 0 Å². The second-order valence-electron chi connectivity index (χ2n) is 9.35. The molecule has 1 unspecified atom stereocenters. The first kappa shape index (κ1) is 29.1. The van der Waals surface area contributed by atoms with Gasteiger partial charge in [-0.05, 0) is 0 Å². The number of hydrogen-bond acceptors (Lipinski definition) is 6. The van der Waals surface area contributed by atoms with Crippen LogP contribution in [0.15, 0.2) is 35.2 Å². The Labute approximate surface area is 227 Å². The predicted molar refractivity (Wildman–Crippen MR) is 148 cm³/mol. The number of aryl methyl sites for hydroxylation is 1. The summed E-state index contributed by atoms with van der Waals surface area (Å²) in [5.41, 5.74) is 1.11. The summed E-state index contributed by atoms with van der Waals surface area (Å²) in [6.07, 6.45) is 7.57. The molecule has 1 atom stereocenters. The average Bonchev–Trinajstić information content (AvgIpc) is 2.87. The molecule has 0 amide bonds. The number of nitrogens with zero attached hydrogens (tertiary/aromatic N) is 2. The molecule has 8 nitrogen and oxygen atoms in total. The topological polar surface area (TPSA) is 99.0 Å². The Morgan fingerprint density at radius 1 is 1.11 bits per heavy atom. The zero-order valence-corrected chi connectivity index (χ0v) is 24.5. The van der Waals surface area contributed by atoms with Crippen molar-refractivity contribution in [1.82, 2.24) is 0 Å². The molecule has 0 radical (unpaired) electrons. The molecule has 1 heterocycles. The molecule has 1 aliphatic heterocycles. The third kappa shape index (κ3) is 6.36. The summed E-state index contributed by atoms with van der Waals surface area (Å²) >= 11 is 2.88. The fourth-order valence-electron chi connectivity index (χ4n) is 4.66. The fourth-order valence-corrected chi connectivity index (χ4v) is 7.36. The van der Waals surface area contributed by atoms with E-state index in [0.29, 0.717) is 35.3 Å². The van der Waals surface area contributed by atoms with E-state index in [-0.39, 0.29) is 27.9 Å². The van der Waals surface area contributed by atoms with Crippen LogP contribution in [-0.2, 0) is 10.0 Å². The first-order valence-electron chi connectivity index (χ1n) is 12.8. The van der Waals surface area contributed by atoms with Gasteiger partial charge in [-0.3, -0.25) is 0 Å².